The molecule has 0 unspecified atom stereocenters. The van der Waals surface area contributed by atoms with Gasteiger partial charge in [-0.15, -0.1) is 0 Å². The lowest BCUT2D eigenvalue weighted by Gasteiger charge is -2.11. The lowest BCUT2D eigenvalue weighted by Crippen LogP contribution is -2.13. The Morgan fingerprint density at radius 3 is 3.22 bits per heavy atom. The molecule has 1 N–H and O–H groups in total. The summed E-state index contributed by atoms with van der Waals surface area (Å²) in [7, 11) is 0. The molecule has 0 atom stereocenters. The Balaban J connectivity index is 2.17. The first-order valence-corrected chi connectivity index (χ1v) is 3.13. The van der Waals surface area contributed by atoms with Crippen molar-refractivity contribution >= 4 is 0 Å². The van der Waals surface area contributed by atoms with E-state index in [1.165, 1.54) is 11.3 Å². The number of ether oxygens (including phenoxy) is 1. The van der Waals surface area contributed by atoms with Gasteiger partial charge in [-0.3, -0.25) is 10.3 Å². The average molecular weight is 127 g/mol. The minimum absolute atomic E-state index is 0.704. The summed E-state index contributed by atoms with van der Waals surface area (Å²) >= 11 is 0. The molecule has 2 heterocycles. The minimum atomic E-state index is 0.704. The van der Waals surface area contributed by atoms with Crippen LogP contribution in [-0.2, 0) is 9.57 Å². The predicted octanol–water partition coefficient (Wildman–Crippen LogP) is 0.196. The van der Waals surface area contributed by atoms with E-state index in [1.807, 2.05) is 0 Å². The zero-order valence-electron chi connectivity index (χ0n) is 5.14. The van der Waals surface area contributed by atoms with E-state index < -0.39 is 0 Å². The van der Waals surface area contributed by atoms with E-state index in [0.29, 0.717) is 6.61 Å². The molecule has 0 bridgehead atoms. The molecule has 9 heavy (non-hydrogen) atoms. The first-order chi connectivity index (χ1) is 4.47. The third-order valence-electron chi connectivity index (χ3n) is 1.64. The van der Waals surface area contributed by atoms with Crippen LogP contribution in [0.4, 0.5) is 0 Å². The number of hydrogen-bond donors (Lipinski definition) is 1. The Bertz CT molecular complexity index is 137. The molecule has 0 spiro atoms. The minimum Gasteiger partial charge on any atom is -0.377 e. The largest absolute Gasteiger partial charge is 0.377 e. The van der Waals surface area contributed by atoms with E-state index >= 15 is 0 Å². The molecule has 2 aliphatic heterocycles. The van der Waals surface area contributed by atoms with E-state index in [2.05, 4.69) is 5.48 Å². The fourth-order valence-electron chi connectivity index (χ4n) is 1.10. The normalized spacial score (nSPS) is 25.8. The second-order valence-corrected chi connectivity index (χ2v) is 2.28. The Hall–Kier alpha value is -0.540. The summed E-state index contributed by atoms with van der Waals surface area (Å²) in [6.07, 6.45) is 0.981. The summed E-state index contributed by atoms with van der Waals surface area (Å²) < 4.78 is 5.21. The molecule has 3 nitrogen and oxygen atoms in total. The van der Waals surface area contributed by atoms with E-state index in [0.717, 1.165) is 19.6 Å². The Morgan fingerprint density at radius 1 is 1.33 bits per heavy atom. The summed E-state index contributed by atoms with van der Waals surface area (Å²) in [6.45, 7) is 2.28. The Morgan fingerprint density at radius 2 is 2.33 bits per heavy atom. The standard InChI is InChI=1S/C6H9NO2/c1-2-8-3-5-4-9-7-6(1)5/h7H,1-4H2. The smallest absolute Gasteiger partial charge is 0.0999 e. The molecular weight excluding hydrogens is 118 g/mol. The first-order valence-electron chi connectivity index (χ1n) is 3.13. The number of hydrogen-bond acceptors (Lipinski definition) is 3. The lowest BCUT2D eigenvalue weighted by atomic mass is 10.2. The Kier molecular flexibility index (Phi) is 1.17. The van der Waals surface area contributed by atoms with Gasteiger partial charge in [-0.25, -0.2) is 0 Å². The highest BCUT2D eigenvalue weighted by Gasteiger charge is 2.17. The molecule has 0 saturated heterocycles. The van der Waals surface area contributed by atoms with Gasteiger partial charge in [0.05, 0.1) is 19.8 Å². The molecule has 50 valence electrons. The fourth-order valence-corrected chi connectivity index (χ4v) is 1.10. The maximum Gasteiger partial charge on any atom is 0.0999 e. The second-order valence-electron chi connectivity index (χ2n) is 2.28. The van der Waals surface area contributed by atoms with E-state index in [-0.39, 0.29) is 0 Å². The third-order valence-corrected chi connectivity index (χ3v) is 1.64. The molecule has 0 aromatic heterocycles. The predicted molar refractivity (Wildman–Crippen MR) is 31.5 cm³/mol. The van der Waals surface area contributed by atoms with E-state index in [1.54, 1.807) is 0 Å². The SMILES string of the molecule is C1CC2=C(CO1)CON2. The molecule has 2 rings (SSSR count). The second kappa shape index (κ2) is 2.01. The van der Waals surface area contributed by atoms with Gasteiger partial charge in [-0.1, -0.05) is 0 Å². The molecule has 0 fully saturated rings. The van der Waals surface area contributed by atoms with Crippen LogP contribution < -0.4 is 5.48 Å². The van der Waals surface area contributed by atoms with Crippen LogP contribution in [0.3, 0.4) is 0 Å². The molecular formula is C6H9NO2. The van der Waals surface area contributed by atoms with Crippen molar-refractivity contribution in [3.05, 3.63) is 11.3 Å². The van der Waals surface area contributed by atoms with Crippen LogP contribution in [0.25, 0.3) is 0 Å². The van der Waals surface area contributed by atoms with Crippen molar-refractivity contribution in [3.8, 4) is 0 Å². The highest BCUT2D eigenvalue weighted by molar-refractivity contribution is 5.17. The van der Waals surface area contributed by atoms with Crippen LogP contribution in [0.15, 0.2) is 11.3 Å². The highest BCUT2D eigenvalue weighted by Crippen LogP contribution is 2.17. The summed E-state index contributed by atoms with van der Waals surface area (Å²) in [5.74, 6) is 0. The molecule has 0 amide bonds. The van der Waals surface area contributed by atoms with E-state index in [4.69, 9.17) is 9.57 Å². The van der Waals surface area contributed by atoms with Crippen molar-refractivity contribution in [2.24, 2.45) is 0 Å². The quantitative estimate of drug-likeness (QED) is 0.504. The van der Waals surface area contributed by atoms with Crippen molar-refractivity contribution in [1.29, 1.82) is 0 Å². The van der Waals surface area contributed by atoms with Gasteiger partial charge >= 0.3 is 0 Å². The fraction of sp³-hybridized carbons (Fsp3) is 0.667. The summed E-state index contributed by atoms with van der Waals surface area (Å²) in [6, 6.07) is 0. The van der Waals surface area contributed by atoms with Crippen LogP contribution in [0.1, 0.15) is 6.42 Å². The van der Waals surface area contributed by atoms with Crippen LogP contribution in [0.5, 0.6) is 0 Å². The van der Waals surface area contributed by atoms with Crippen molar-refractivity contribution in [1.82, 2.24) is 5.48 Å². The molecule has 2 aliphatic rings. The van der Waals surface area contributed by atoms with Gasteiger partial charge < -0.3 is 4.74 Å². The average Bonchev–Trinajstić information content (AvgIpc) is 2.33. The van der Waals surface area contributed by atoms with Crippen molar-refractivity contribution < 1.29 is 9.57 Å². The van der Waals surface area contributed by atoms with Gasteiger partial charge in [0.2, 0.25) is 0 Å². The summed E-state index contributed by atoms with van der Waals surface area (Å²) in [5.41, 5.74) is 5.37. The molecule has 0 aromatic rings. The van der Waals surface area contributed by atoms with Gasteiger partial charge in [0.25, 0.3) is 0 Å². The van der Waals surface area contributed by atoms with Crippen molar-refractivity contribution in [3.63, 3.8) is 0 Å². The number of nitrogens with one attached hydrogen (secondary N) is 1. The van der Waals surface area contributed by atoms with Gasteiger partial charge in [-0.05, 0) is 0 Å². The molecule has 0 aliphatic carbocycles. The van der Waals surface area contributed by atoms with Crippen LogP contribution in [0, 0.1) is 0 Å². The van der Waals surface area contributed by atoms with Crippen LogP contribution in [-0.4, -0.2) is 19.8 Å². The summed E-state index contributed by atoms with van der Waals surface area (Å²) in [5, 5.41) is 0. The van der Waals surface area contributed by atoms with Gasteiger partial charge in [0, 0.05) is 17.7 Å². The van der Waals surface area contributed by atoms with Gasteiger partial charge in [-0.2, -0.15) is 0 Å². The lowest BCUT2D eigenvalue weighted by molar-refractivity contribution is 0.105. The van der Waals surface area contributed by atoms with Gasteiger partial charge in [0.1, 0.15) is 0 Å². The number of hydroxylamine groups is 1. The maximum atomic E-state index is 5.21. The number of rotatable bonds is 0. The summed E-state index contributed by atoms with van der Waals surface area (Å²) in [4.78, 5) is 4.99. The van der Waals surface area contributed by atoms with E-state index in [9.17, 15) is 0 Å². The molecule has 0 saturated carbocycles. The first kappa shape index (κ1) is 5.26. The maximum absolute atomic E-state index is 5.21. The topological polar surface area (TPSA) is 30.5 Å². The van der Waals surface area contributed by atoms with Gasteiger partial charge in [0.15, 0.2) is 0 Å². The Labute approximate surface area is 53.6 Å². The monoisotopic (exact) mass is 127 g/mol. The van der Waals surface area contributed by atoms with Crippen molar-refractivity contribution in [2.45, 2.75) is 6.42 Å². The molecule has 3 heteroatoms. The third kappa shape index (κ3) is 0.821. The molecule has 0 radical (unpaired) electrons. The van der Waals surface area contributed by atoms with Crippen LogP contribution in [0.2, 0.25) is 0 Å². The van der Waals surface area contributed by atoms with Crippen molar-refractivity contribution in [2.75, 3.05) is 19.8 Å². The zero-order valence-corrected chi connectivity index (χ0v) is 5.14. The zero-order chi connectivity index (χ0) is 6.10. The molecule has 0 aromatic carbocycles. The highest BCUT2D eigenvalue weighted by atomic mass is 16.7. The van der Waals surface area contributed by atoms with Crippen LogP contribution >= 0.6 is 0 Å².